The number of hydroxylamine groups is 3. The number of amides is 4. The molecule has 3 heterocycles. The number of hydrogen-bond acceptors (Lipinski definition) is 9. The Morgan fingerprint density at radius 1 is 0.938 bits per heavy atom. The van der Waals surface area contributed by atoms with Gasteiger partial charge in [0.1, 0.15) is 17.7 Å². The quantitative estimate of drug-likeness (QED) is 0.150. The number of hydrogen-bond donors (Lipinski definition) is 1. The van der Waals surface area contributed by atoms with E-state index in [0.29, 0.717) is 49.6 Å². The number of ether oxygens (including phenoxy) is 1. The molecular formula is C33H63N5O9S. The molecule has 0 radical (unpaired) electrons. The van der Waals surface area contributed by atoms with Gasteiger partial charge < -0.3 is 24.5 Å². The van der Waals surface area contributed by atoms with Crippen LogP contribution in [0.15, 0.2) is 0 Å². The lowest BCUT2D eigenvalue weighted by molar-refractivity contribution is -0.939. The van der Waals surface area contributed by atoms with Crippen molar-refractivity contribution >= 4 is 28.1 Å². The molecule has 0 saturated carbocycles. The fourth-order valence-electron chi connectivity index (χ4n) is 7.03. The van der Waals surface area contributed by atoms with Crippen LogP contribution in [0.3, 0.4) is 0 Å². The molecule has 3 aliphatic heterocycles. The molecule has 1 unspecified atom stereocenters. The minimum Gasteiger partial charge on any atom is -0.870 e. The predicted octanol–water partition coefficient (Wildman–Crippen LogP) is 5.13. The second-order valence-corrected chi connectivity index (χ2v) is 16.2. The lowest BCUT2D eigenvalue weighted by Gasteiger charge is -2.44. The highest BCUT2D eigenvalue weighted by molar-refractivity contribution is 7.87. The highest BCUT2D eigenvalue weighted by Gasteiger charge is 2.53. The number of likely N-dealkylation sites (tertiary alicyclic amines) is 1. The molecule has 3 aliphatic rings. The van der Waals surface area contributed by atoms with Gasteiger partial charge in [-0.2, -0.15) is 13.5 Å². The molecule has 14 nitrogen and oxygen atoms in total. The van der Waals surface area contributed by atoms with Gasteiger partial charge in [0.15, 0.2) is 0 Å². The molecule has 0 spiro atoms. The average Bonchev–Trinajstić information content (AvgIpc) is 3.25. The normalized spacial score (nSPS) is 22.4. The predicted molar refractivity (Wildman–Crippen MR) is 181 cm³/mol. The fraction of sp³-hybridized carbons (Fsp3) is 0.909. The molecule has 3 fully saturated rings. The molecule has 2 N–H and O–H groups in total. The molecule has 2 bridgehead atoms. The maximum Gasteiger partial charge on any atom is 0.410 e. The topological polar surface area (TPSA) is 165 Å². The molecule has 0 aromatic heterocycles. The number of nitrogens with zero attached hydrogens (tertiary/aromatic N) is 4. The van der Waals surface area contributed by atoms with Crippen LogP contribution in [0.25, 0.3) is 0 Å². The molecule has 48 heavy (non-hydrogen) atoms. The number of carbonyl (C=O) groups excluding carboxylic acids is 3. The summed E-state index contributed by atoms with van der Waals surface area (Å²) in [7, 11) is -4.19. The summed E-state index contributed by atoms with van der Waals surface area (Å²) in [6.07, 6.45) is 8.07. The first-order chi connectivity index (χ1) is 22.2. The van der Waals surface area contributed by atoms with E-state index in [9.17, 15) is 22.8 Å². The highest BCUT2D eigenvalue weighted by atomic mass is 32.2. The van der Waals surface area contributed by atoms with E-state index in [2.05, 4.69) is 26.3 Å². The van der Waals surface area contributed by atoms with Crippen LogP contribution in [0.5, 0.6) is 0 Å². The number of quaternary nitrogens is 1. The Balaban J connectivity index is 0.00000800. The van der Waals surface area contributed by atoms with Crippen LogP contribution < -0.4 is 5.48 Å². The second kappa shape index (κ2) is 18.7. The molecule has 280 valence electrons. The zero-order chi connectivity index (χ0) is 34.8. The first-order valence-corrected chi connectivity index (χ1v) is 19.5. The van der Waals surface area contributed by atoms with E-state index in [-0.39, 0.29) is 18.6 Å². The third kappa shape index (κ3) is 10.9. The Kier molecular flexibility index (Phi) is 16.3. The van der Waals surface area contributed by atoms with Gasteiger partial charge in [0, 0.05) is 19.5 Å². The molecule has 0 aromatic carbocycles. The van der Waals surface area contributed by atoms with Gasteiger partial charge in [-0.25, -0.2) is 15.1 Å². The van der Waals surface area contributed by atoms with Gasteiger partial charge in [-0.3, -0.25) is 9.63 Å². The maximum atomic E-state index is 14.2. The third-order valence-electron chi connectivity index (χ3n) is 9.52. The van der Waals surface area contributed by atoms with Crippen molar-refractivity contribution in [1.29, 1.82) is 0 Å². The Labute approximate surface area is 288 Å². The summed E-state index contributed by atoms with van der Waals surface area (Å²) in [6.45, 7) is 17.1. The number of carbonyl (C=O) groups is 3. The van der Waals surface area contributed by atoms with E-state index in [1.807, 2.05) is 27.7 Å². The van der Waals surface area contributed by atoms with Crippen molar-refractivity contribution in [2.24, 2.45) is 0 Å². The summed E-state index contributed by atoms with van der Waals surface area (Å²) in [5.74, 6) is -0.478. The SMILES string of the molecule is CCCC[N+](CCCC)(CCCC)C(CCC)S(=O)(=O)ON1C(=O)N2C[C@H]1CC[C@H]2C(=O)NO[C@H]1CCCN(C(=O)OC(C)(C)C)C1.[OH-]. The Morgan fingerprint density at radius 3 is 2.08 bits per heavy atom. The minimum absolute atomic E-state index is 0. The summed E-state index contributed by atoms with van der Waals surface area (Å²) in [6, 6.07) is -1.90. The zero-order valence-corrected chi connectivity index (χ0v) is 31.3. The van der Waals surface area contributed by atoms with Crippen molar-refractivity contribution in [3.63, 3.8) is 0 Å². The third-order valence-corrected chi connectivity index (χ3v) is 11.2. The molecule has 3 rings (SSSR count). The largest absolute Gasteiger partial charge is 0.870 e. The Hall–Kier alpha value is -2.20. The summed E-state index contributed by atoms with van der Waals surface area (Å²) < 4.78 is 40.2. The Bertz CT molecular complexity index is 1130. The summed E-state index contributed by atoms with van der Waals surface area (Å²) in [5.41, 5.74) is 1.90. The van der Waals surface area contributed by atoms with Crippen LogP contribution in [-0.2, 0) is 28.8 Å². The van der Waals surface area contributed by atoms with E-state index in [0.717, 1.165) is 63.2 Å². The van der Waals surface area contributed by atoms with Crippen LogP contribution >= 0.6 is 0 Å². The monoisotopic (exact) mass is 705 g/mol. The fourth-order valence-corrected chi connectivity index (χ4v) is 8.92. The van der Waals surface area contributed by atoms with Crippen molar-refractivity contribution in [2.75, 3.05) is 39.3 Å². The minimum atomic E-state index is -4.19. The standard InChI is InChI=1S/C33H61N5O8S.H2O/c1-8-12-21-38(22-13-9-2,23-14-10-3)29(16-11-4)47(42,43)46-37-26-18-19-28(36(24-26)31(37)40)30(39)34-45-27-17-15-20-35(25-27)32(41)44-33(5,6)7;/h26-29H,8-25H2,1-7H3;1H2/t26-,27+,28+,29?;/m1./s1. The molecule has 3 saturated heterocycles. The first-order valence-electron chi connectivity index (χ1n) is 18.0. The smallest absolute Gasteiger partial charge is 0.410 e. The van der Waals surface area contributed by atoms with Crippen LogP contribution in [-0.4, -0.2) is 120 Å². The van der Waals surface area contributed by atoms with E-state index in [1.165, 1.54) is 4.90 Å². The van der Waals surface area contributed by atoms with Gasteiger partial charge in [-0.1, -0.05) is 47.0 Å². The van der Waals surface area contributed by atoms with Crippen molar-refractivity contribution < 1.29 is 46.6 Å². The molecule has 0 aliphatic carbocycles. The van der Waals surface area contributed by atoms with Gasteiger partial charge in [0.05, 0.1) is 32.2 Å². The summed E-state index contributed by atoms with van der Waals surface area (Å²) in [5, 5.41) is 0.240. The first kappa shape index (κ1) is 42.0. The number of urea groups is 1. The molecular weight excluding hydrogens is 642 g/mol. The zero-order valence-electron chi connectivity index (χ0n) is 30.4. The van der Waals surface area contributed by atoms with Crippen molar-refractivity contribution in [3.05, 3.63) is 0 Å². The highest BCUT2D eigenvalue weighted by Crippen LogP contribution is 2.34. The molecule has 15 heteroatoms. The van der Waals surface area contributed by atoms with Gasteiger partial charge in [0.2, 0.25) is 5.37 Å². The lowest BCUT2D eigenvalue weighted by atomic mass is 10.0. The van der Waals surface area contributed by atoms with Gasteiger partial charge in [0.25, 0.3) is 5.91 Å². The number of rotatable bonds is 18. The molecule has 4 amide bonds. The molecule has 0 aromatic rings. The lowest BCUT2D eigenvalue weighted by Crippen LogP contribution is -2.61. The second-order valence-electron chi connectivity index (χ2n) is 14.5. The average molecular weight is 706 g/mol. The Morgan fingerprint density at radius 2 is 1.54 bits per heavy atom. The number of unbranched alkanes of at least 4 members (excludes halogenated alkanes) is 3. The van der Waals surface area contributed by atoms with E-state index in [1.54, 1.807) is 4.90 Å². The van der Waals surface area contributed by atoms with Crippen molar-refractivity contribution in [1.82, 2.24) is 20.3 Å². The van der Waals surface area contributed by atoms with E-state index < -0.39 is 57.3 Å². The van der Waals surface area contributed by atoms with Crippen LogP contribution in [0.1, 0.15) is 126 Å². The van der Waals surface area contributed by atoms with Gasteiger partial charge in [-0.05, 0) is 72.1 Å². The molecule has 4 atom stereocenters. The van der Waals surface area contributed by atoms with Crippen molar-refractivity contribution in [2.45, 2.75) is 155 Å². The number of nitrogens with one attached hydrogen (secondary N) is 1. The van der Waals surface area contributed by atoms with Gasteiger partial charge in [-0.15, -0.1) is 4.28 Å². The number of fused-ring (bicyclic) bond motifs is 2. The van der Waals surface area contributed by atoms with Crippen LogP contribution in [0, 0.1) is 0 Å². The van der Waals surface area contributed by atoms with Gasteiger partial charge >= 0.3 is 22.2 Å². The number of piperidine rings is 2. The van der Waals surface area contributed by atoms with Crippen LogP contribution in [0.2, 0.25) is 0 Å². The van der Waals surface area contributed by atoms with Crippen molar-refractivity contribution in [3.8, 4) is 0 Å². The maximum absolute atomic E-state index is 14.2. The van der Waals surface area contributed by atoms with Crippen LogP contribution in [0.4, 0.5) is 9.59 Å². The van der Waals surface area contributed by atoms with E-state index >= 15 is 0 Å². The van der Waals surface area contributed by atoms with E-state index in [4.69, 9.17) is 13.9 Å². The summed E-state index contributed by atoms with van der Waals surface area (Å²) >= 11 is 0. The summed E-state index contributed by atoms with van der Waals surface area (Å²) in [4.78, 5) is 48.1.